The van der Waals surface area contributed by atoms with E-state index < -0.39 is 16.1 Å². The van der Waals surface area contributed by atoms with Crippen LogP contribution in [-0.4, -0.2) is 68.6 Å². The lowest BCUT2D eigenvalue weighted by atomic mass is 10.0. The van der Waals surface area contributed by atoms with Crippen molar-refractivity contribution in [2.45, 2.75) is 12.5 Å². The number of pyridine rings is 1. The first-order valence-electron chi connectivity index (χ1n) is 13.2. The summed E-state index contributed by atoms with van der Waals surface area (Å²) in [6.45, 7) is 1.85. The number of rotatable bonds is 8. The Kier molecular flexibility index (Phi) is 8.41. The molecule has 1 atom stereocenters. The van der Waals surface area contributed by atoms with Gasteiger partial charge in [-0.3, -0.25) is 19.3 Å². The number of piperazine rings is 1. The van der Waals surface area contributed by atoms with Crippen molar-refractivity contribution in [2.24, 2.45) is 0 Å². The maximum atomic E-state index is 13.8. The number of para-hydroxylation sites is 2. The van der Waals surface area contributed by atoms with Crippen molar-refractivity contribution in [1.82, 2.24) is 15.2 Å². The Morgan fingerprint density at radius 3 is 2.41 bits per heavy atom. The van der Waals surface area contributed by atoms with Gasteiger partial charge in [-0.05, 0) is 54.1 Å². The molecule has 0 aliphatic carbocycles. The fourth-order valence-electron chi connectivity index (χ4n) is 4.94. The largest absolute Gasteiger partial charge is 0.366 e. The molecule has 1 fully saturated rings. The quantitative estimate of drug-likeness (QED) is 0.321. The van der Waals surface area contributed by atoms with E-state index in [-0.39, 0.29) is 11.8 Å². The second kappa shape index (κ2) is 12.2. The molecule has 0 saturated carbocycles. The van der Waals surface area contributed by atoms with Crippen molar-refractivity contribution in [2.75, 3.05) is 42.1 Å². The summed E-state index contributed by atoms with van der Waals surface area (Å²) in [5.41, 5.74) is 3.34. The highest BCUT2D eigenvalue weighted by Gasteiger charge is 2.30. The summed E-state index contributed by atoms with van der Waals surface area (Å²) in [5, 5.41) is 4.39. The second-order valence-corrected chi connectivity index (χ2v) is 12.2. The molecule has 2 amide bonds. The minimum absolute atomic E-state index is 0.182. The summed E-state index contributed by atoms with van der Waals surface area (Å²) in [6.07, 6.45) is 3.12. The molecule has 1 aliphatic heterocycles. The monoisotopic (exact) mass is 591 g/mol. The highest BCUT2D eigenvalue weighted by atomic mass is 35.5. The van der Waals surface area contributed by atoms with Gasteiger partial charge in [0.1, 0.15) is 6.04 Å². The summed E-state index contributed by atoms with van der Waals surface area (Å²) >= 11 is 6.06. The standard InChI is InChI=1S/C30H30ClN5O4S/c1-41(39,40)34-26-6-2-3-7-28(26)35-15-17-36(18-16-35)30(38)27(19-21-8-11-24(31)12-9-21)33-29(37)23-10-13-25-22(20-23)5-4-14-32-25/h2-14,20,27,34H,15-19H2,1H3,(H,33,37)/t27-/m1/s1. The van der Waals surface area contributed by atoms with Crippen LogP contribution in [-0.2, 0) is 21.2 Å². The normalized spacial score (nSPS) is 14.5. The summed E-state index contributed by atoms with van der Waals surface area (Å²) in [6, 6.07) is 22.6. The van der Waals surface area contributed by atoms with Crippen molar-refractivity contribution in [3.63, 3.8) is 0 Å². The number of aromatic nitrogens is 1. The molecule has 11 heteroatoms. The van der Waals surface area contributed by atoms with Crippen molar-refractivity contribution >= 4 is 55.7 Å². The van der Waals surface area contributed by atoms with E-state index in [0.717, 1.165) is 28.4 Å². The van der Waals surface area contributed by atoms with Gasteiger partial charge in [-0.1, -0.05) is 41.9 Å². The van der Waals surface area contributed by atoms with Gasteiger partial charge in [-0.25, -0.2) is 8.42 Å². The van der Waals surface area contributed by atoms with E-state index in [2.05, 4.69) is 15.0 Å². The van der Waals surface area contributed by atoms with Gasteiger partial charge in [0.25, 0.3) is 5.91 Å². The topological polar surface area (TPSA) is 112 Å². The molecule has 41 heavy (non-hydrogen) atoms. The lowest BCUT2D eigenvalue weighted by Gasteiger charge is -2.38. The summed E-state index contributed by atoms with van der Waals surface area (Å²) in [5.74, 6) is -0.527. The summed E-state index contributed by atoms with van der Waals surface area (Å²) in [7, 11) is -3.45. The number of anilines is 2. The Balaban J connectivity index is 1.32. The minimum atomic E-state index is -3.45. The number of hydrogen-bond donors (Lipinski definition) is 2. The molecular formula is C30H30ClN5O4S. The van der Waals surface area contributed by atoms with Crippen molar-refractivity contribution < 1.29 is 18.0 Å². The first kappa shape index (κ1) is 28.4. The molecule has 9 nitrogen and oxygen atoms in total. The van der Waals surface area contributed by atoms with Crippen molar-refractivity contribution in [3.8, 4) is 0 Å². The number of hydrogen-bond acceptors (Lipinski definition) is 6. The van der Waals surface area contributed by atoms with Crippen LogP contribution in [0.25, 0.3) is 10.9 Å². The Bertz CT molecular complexity index is 1670. The van der Waals surface area contributed by atoms with E-state index in [0.29, 0.717) is 48.9 Å². The molecule has 4 aromatic rings. The van der Waals surface area contributed by atoms with Crippen LogP contribution in [0.15, 0.2) is 85.1 Å². The predicted octanol–water partition coefficient (Wildman–Crippen LogP) is 3.95. The van der Waals surface area contributed by atoms with Crippen molar-refractivity contribution in [3.05, 3.63) is 101 Å². The van der Waals surface area contributed by atoms with Gasteiger partial charge in [0.2, 0.25) is 15.9 Å². The van der Waals surface area contributed by atoms with Gasteiger partial charge in [0.15, 0.2) is 0 Å². The van der Waals surface area contributed by atoms with Crippen LogP contribution in [0.1, 0.15) is 15.9 Å². The number of carbonyl (C=O) groups is 2. The maximum absolute atomic E-state index is 13.8. The zero-order valence-corrected chi connectivity index (χ0v) is 24.0. The van der Waals surface area contributed by atoms with Crippen LogP contribution in [0.5, 0.6) is 0 Å². The zero-order chi connectivity index (χ0) is 29.0. The molecule has 5 rings (SSSR count). The van der Waals surface area contributed by atoms with Gasteiger partial charge >= 0.3 is 0 Å². The molecular weight excluding hydrogens is 562 g/mol. The molecule has 1 aromatic heterocycles. The smallest absolute Gasteiger partial charge is 0.251 e. The van der Waals surface area contributed by atoms with Crippen LogP contribution in [0, 0.1) is 0 Å². The van der Waals surface area contributed by atoms with Crippen LogP contribution in [0.3, 0.4) is 0 Å². The lowest BCUT2D eigenvalue weighted by Crippen LogP contribution is -2.55. The molecule has 3 aromatic carbocycles. The van der Waals surface area contributed by atoms with Gasteiger partial charge < -0.3 is 15.1 Å². The second-order valence-electron chi connectivity index (χ2n) is 9.97. The van der Waals surface area contributed by atoms with E-state index in [1.807, 2.05) is 41.3 Å². The van der Waals surface area contributed by atoms with Crippen LogP contribution < -0.4 is 14.9 Å². The first-order chi connectivity index (χ1) is 19.7. The molecule has 1 saturated heterocycles. The number of sulfonamides is 1. The van der Waals surface area contributed by atoms with Gasteiger partial charge in [0, 0.05) is 54.8 Å². The molecule has 2 heterocycles. The Hall–Kier alpha value is -4.15. The fourth-order valence-corrected chi connectivity index (χ4v) is 5.64. The Labute approximate surface area is 244 Å². The van der Waals surface area contributed by atoms with Gasteiger partial charge in [-0.15, -0.1) is 0 Å². The third kappa shape index (κ3) is 7.14. The number of nitrogens with one attached hydrogen (secondary N) is 2. The lowest BCUT2D eigenvalue weighted by molar-refractivity contribution is -0.133. The molecule has 0 spiro atoms. The molecule has 0 radical (unpaired) electrons. The molecule has 2 N–H and O–H groups in total. The van der Waals surface area contributed by atoms with Crippen LogP contribution in [0.2, 0.25) is 5.02 Å². The summed E-state index contributed by atoms with van der Waals surface area (Å²) in [4.78, 5) is 35.2. The maximum Gasteiger partial charge on any atom is 0.251 e. The molecule has 1 aliphatic rings. The highest BCUT2D eigenvalue weighted by Crippen LogP contribution is 2.27. The number of benzene rings is 3. The number of carbonyl (C=O) groups excluding carboxylic acids is 2. The van der Waals surface area contributed by atoms with E-state index in [1.165, 1.54) is 0 Å². The van der Waals surface area contributed by atoms with E-state index in [1.54, 1.807) is 53.6 Å². The number of nitrogens with zero attached hydrogens (tertiary/aromatic N) is 3. The number of halogens is 1. The minimum Gasteiger partial charge on any atom is -0.366 e. The molecule has 0 bridgehead atoms. The average Bonchev–Trinajstić information content (AvgIpc) is 2.97. The van der Waals surface area contributed by atoms with Gasteiger partial charge in [0.05, 0.1) is 23.1 Å². The SMILES string of the molecule is CS(=O)(=O)Nc1ccccc1N1CCN(C(=O)[C@@H](Cc2ccc(Cl)cc2)NC(=O)c2ccc3ncccc3c2)CC1. The third-order valence-corrected chi connectivity index (χ3v) is 7.80. The van der Waals surface area contributed by atoms with Crippen molar-refractivity contribution in [1.29, 1.82) is 0 Å². The number of amides is 2. The van der Waals surface area contributed by atoms with Crippen LogP contribution >= 0.6 is 11.6 Å². The van der Waals surface area contributed by atoms with Crippen LogP contribution in [0.4, 0.5) is 11.4 Å². The fraction of sp³-hybridized carbons (Fsp3) is 0.233. The van der Waals surface area contributed by atoms with E-state index in [4.69, 9.17) is 11.6 Å². The van der Waals surface area contributed by atoms with E-state index in [9.17, 15) is 18.0 Å². The summed E-state index contributed by atoms with van der Waals surface area (Å²) < 4.78 is 26.3. The third-order valence-electron chi connectivity index (χ3n) is 6.95. The first-order valence-corrected chi connectivity index (χ1v) is 15.4. The Morgan fingerprint density at radius 2 is 1.68 bits per heavy atom. The van der Waals surface area contributed by atoms with E-state index >= 15 is 0 Å². The Morgan fingerprint density at radius 1 is 0.951 bits per heavy atom. The zero-order valence-electron chi connectivity index (χ0n) is 22.5. The predicted molar refractivity (Wildman–Crippen MR) is 162 cm³/mol. The average molecular weight is 592 g/mol. The number of fused-ring (bicyclic) bond motifs is 1. The molecule has 212 valence electrons. The molecule has 0 unspecified atom stereocenters. The van der Waals surface area contributed by atoms with Gasteiger partial charge in [-0.2, -0.15) is 0 Å². The highest BCUT2D eigenvalue weighted by molar-refractivity contribution is 7.92.